The van der Waals surface area contributed by atoms with E-state index >= 15 is 0 Å². The quantitative estimate of drug-likeness (QED) is 0.205. The van der Waals surface area contributed by atoms with Crippen LogP contribution in [0.25, 0.3) is 16.5 Å². The minimum Gasteiger partial charge on any atom is -0.507 e. The SMILES string of the molecule is CCOc1cccc(C2/C(=C(/O)c3ccc4ccccc4c3)C(=O)C(=O)N2c2ccc(N(C)C)cc2)c1. The number of Topliss-reactive ketones (excluding diaryl/α,β-unsaturated/α-hetero) is 1. The number of ether oxygens (including phenoxy) is 1. The molecule has 4 aromatic rings. The Balaban J connectivity index is 1.70. The number of hydrogen-bond donors (Lipinski definition) is 1. The summed E-state index contributed by atoms with van der Waals surface area (Å²) >= 11 is 0. The van der Waals surface area contributed by atoms with E-state index in [2.05, 4.69) is 0 Å². The van der Waals surface area contributed by atoms with Crippen molar-refractivity contribution in [2.45, 2.75) is 13.0 Å². The van der Waals surface area contributed by atoms with Crippen LogP contribution in [-0.2, 0) is 9.59 Å². The third kappa shape index (κ3) is 4.42. The number of aliphatic hydroxyl groups excluding tert-OH is 1. The van der Waals surface area contributed by atoms with E-state index in [-0.39, 0.29) is 11.3 Å². The molecule has 1 N–H and O–H groups in total. The van der Waals surface area contributed by atoms with Gasteiger partial charge in [-0.25, -0.2) is 0 Å². The van der Waals surface area contributed by atoms with E-state index in [0.29, 0.717) is 29.2 Å². The maximum absolute atomic E-state index is 13.5. The van der Waals surface area contributed by atoms with Crippen molar-refractivity contribution in [2.75, 3.05) is 30.5 Å². The van der Waals surface area contributed by atoms with Crippen LogP contribution in [0.3, 0.4) is 0 Å². The minimum absolute atomic E-state index is 0.0469. The number of carbonyl (C=O) groups excluding carboxylic acids is 2. The van der Waals surface area contributed by atoms with Crippen molar-refractivity contribution in [3.05, 3.63) is 108 Å². The molecule has 186 valence electrons. The lowest BCUT2D eigenvalue weighted by molar-refractivity contribution is -0.132. The third-order valence-corrected chi connectivity index (χ3v) is 6.60. The van der Waals surface area contributed by atoms with Crippen LogP contribution in [0.4, 0.5) is 11.4 Å². The first-order valence-electron chi connectivity index (χ1n) is 12.2. The van der Waals surface area contributed by atoms with E-state index in [9.17, 15) is 14.7 Å². The molecule has 6 heteroatoms. The Labute approximate surface area is 216 Å². The Hall–Kier alpha value is -4.58. The molecule has 1 heterocycles. The highest BCUT2D eigenvalue weighted by molar-refractivity contribution is 6.51. The zero-order valence-electron chi connectivity index (χ0n) is 21.0. The average Bonchev–Trinajstić information content (AvgIpc) is 3.18. The van der Waals surface area contributed by atoms with Gasteiger partial charge in [-0.15, -0.1) is 0 Å². The van der Waals surface area contributed by atoms with Gasteiger partial charge in [0.05, 0.1) is 18.2 Å². The number of aliphatic hydroxyl groups is 1. The fraction of sp³-hybridized carbons (Fsp3) is 0.161. The number of fused-ring (bicyclic) bond motifs is 1. The zero-order chi connectivity index (χ0) is 26.1. The molecule has 37 heavy (non-hydrogen) atoms. The van der Waals surface area contributed by atoms with E-state index in [4.69, 9.17) is 4.74 Å². The Morgan fingerprint density at radius 3 is 2.32 bits per heavy atom. The molecule has 4 aromatic carbocycles. The van der Waals surface area contributed by atoms with E-state index in [1.54, 1.807) is 6.07 Å². The number of carbonyl (C=O) groups is 2. The zero-order valence-corrected chi connectivity index (χ0v) is 21.0. The number of hydrogen-bond acceptors (Lipinski definition) is 5. The molecular formula is C31H28N2O4. The number of nitrogens with zero attached hydrogens (tertiary/aromatic N) is 2. The van der Waals surface area contributed by atoms with Gasteiger partial charge >= 0.3 is 0 Å². The largest absolute Gasteiger partial charge is 0.507 e. The lowest BCUT2D eigenvalue weighted by atomic mass is 9.94. The Kier molecular flexibility index (Phi) is 6.40. The highest BCUT2D eigenvalue weighted by Gasteiger charge is 2.47. The van der Waals surface area contributed by atoms with Crippen molar-refractivity contribution in [1.82, 2.24) is 0 Å². The van der Waals surface area contributed by atoms with Crippen LogP contribution >= 0.6 is 0 Å². The van der Waals surface area contributed by atoms with Crippen LogP contribution in [0.15, 0.2) is 96.6 Å². The summed E-state index contributed by atoms with van der Waals surface area (Å²) in [6.45, 7) is 2.37. The van der Waals surface area contributed by atoms with Crippen molar-refractivity contribution < 1.29 is 19.4 Å². The maximum atomic E-state index is 13.5. The summed E-state index contributed by atoms with van der Waals surface area (Å²) < 4.78 is 5.70. The van der Waals surface area contributed by atoms with Gasteiger partial charge in [-0.1, -0.05) is 48.5 Å². The summed E-state index contributed by atoms with van der Waals surface area (Å²) in [5.74, 6) is -0.997. The molecule has 6 nitrogen and oxygen atoms in total. The second-order valence-corrected chi connectivity index (χ2v) is 9.15. The van der Waals surface area contributed by atoms with Crippen LogP contribution in [-0.4, -0.2) is 37.5 Å². The average molecular weight is 493 g/mol. The molecule has 0 aliphatic carbocycles. The molecule has 0 bridgehead atoms. The standard InChI is InChI=1S/C31H28N2O4/c1-4-37-26-11-7-10-22(19-26)28-27(29(34)23-13-12-20-8-5-6-9-21(20)18-23)30(35)31(36)33(28)25-16-14-24(15-17-25)32(2)3/h5-19,28,34H,4H2,1-3H3/b29-27-. The molecule has 1 saturated heterocycles. The summed E-state index contributed by atoms with van der Waals surface area (Å²) in [6, 6.07) is 27.2. The predicted molar refractivity (Wildman–Crippen MR) is 147 cm³/mol. The molecule has 1 amide bonds. The van der Waals surface area contributed by atoms with Crippen LogP contribution in [0, 0.1) is 0 Å². The number of amides is 1. The summed E-state index contributed by atoms with van der Waals surface area (Å²) in [5.41, 5.74) is 2.73. The number of benzene rings is 4. The summed E-state index contributed by atoms with van der Waals surface area (Å²) in [7, 11) is 3.87. The van der Waals surface area contributed by atoms with Crippen molar-refractivity contribution in [1.29, 1.82) is 0 Å². The third-order valence-electron chi connectivity index (χ3n) is 6.60. The molecule has 0 spiro atoms. The minimum atomic E-state index is -0.822. The van der Waals surface area contributed by atoms with Crippen molar-refractivity contribution in [3.63, 3.8) is 0 Å². The van der Waals surface area contributed by atoms with Gasteiger partial charge in [0.2, 0.25) is 0 Å². The van der Waals surface area contributed by atoms with Gasteiger partial charge in [0.15, 0.2) is 0 Å². The topological polar surface area (TPSA) is 70.1 Å². The first-order valence-corrected chi connectivity index (χ1v) is 12.2. The smallest absolute Gasteiger partial charge is 0.300 e. The number of rotatable bonds is 6. The molecular weight excluding hydrogens is 464 g/mol. The number of anilines is 2. The monoisotopic (exact) mass is 492 g/mol. The van der Waals surface area contributed by atoms with Crippen LogP contribution in [0.2, 0.25) is 0 Å². The fourth-order valence-electron chi connectivity index (χ4n) is 4.76. The first kappa shape index (κ1) is 24.1. The second-order valence-electron chi connectivity index (χ2n) is 9.15. The molecule has 1 fully saturated rings. The summed E-state index contributed by atoms with van der Waals surface area (Å²) in [5, 5.41) is 13.4. The van der Waals surface area contributed by atoms with Gasteiger partial charge in [-0.3, -0.25) is 14.5 Å². The van der Waals surface area contributed by atoms with Gasteiger partial charge < -0.3 is 14.7 Å². The molecule has 0 aromatic heterocycles. The van der Waals surface area contributed by atoms with E-state index < -0.39 is 17.7 Å². The maximum Gasteiger partial charge on any atom is 0.300 e. The van der Waals surface area contributed by atoms with Crippen LogP contribution in [0.1, 0.15) is 24.1 Å². The molecule has 1 atom stereocenters. The molecule has 5 rings (SSSR count). The van der Waals surface area contributed by atoms with Gasteiger partial charge in [-0.2, -0.15) is 0 Å². The lowest BCUT2D eigenvalue weighted by Crippen LogP contribution is -2.29. The predicted octanol–water partition coefficient (Wildman–Crippen LogP) is 5.93. The number of ketones is 1. The van der Waals surface area contributed by atoms with Gasteiger partial charge in [0.1, 0.15) is 11.5 Å². The Morgan fingerprint density at radius 1 is 0.892 bits per heavy atom. The molecule has 1 aliphatic rings. The van der Waals surface area contributed by atoms with Crippen molar-refractivity contribution in [3.8, 4) is 5.75 Å². The van der Waals surface area contributed by atoms with E-state index in [1.807, 2.05) is 111 Å². The fourth-order valence-corrected chi connectivity index (χ4v) is 4.76. The van der Waals surface area contributed by atoms with Crippen molar-refractivity contribution >= 4 is 39.6 Å². The second kappa shape index (κ2) is 9.82. The Morgan fingerprint density at radius 2 is 1.62 bits per heavy atom. The van der Waals surface area contributed by atoms with Gasteiger partial charge in [0.25, 0.3) is 11.7 Å². The van der Waals surface area contributed by atoms with E-state index in [0.717, 1.165) is 16.5 Å². The van der Waals surface area contributed by atoms with Gasteiger partial charge in [0, 0.05) is 31.0 Å². The first-order chi connectivity index (χ1) is 17.9. The normalized spacial score (nSPS) is 16.8. The van der Waals surface area contributed by atoms with Crippen molar-refractivity contribution in [2.24, 2.45) is 0 Å². The van der Waals surface area contributed by atoms with Crippen LogP contribution in [0.5, 0.6) is 5.75 Å². The van der Waals surface area contributed by atoms with E-state index in [1.165, 1.54) is 4.90 Å². The Bertz CT molecular complexity index is 1520. The van der Waals surface area contributed by atoms with Crippen LogP contribution < -0.4 is 14.5 Å². The molecule has 1 unspecified atom stereocenters. The van der Waals surface area contributed by atoms with Gasteiger partial charge in [-0.05, 0) is 65.7 Å². The summed E-state index contributed by atoms with van der Waals surface area (Å²) in [4.78, 5) is 30.4. The molecule has 1 aliphatic heterocycles. The molecule has 0 saturated carbocycles. The highest BCUT2D eigenvalue weighted by Crippen LogP contribution is 2.43. The lowest BCUT2D eigenvalue weighted by Gasteiger charge is -2.26. The highest BCUT2D eigenvalue weighted by atomic mass is 16.5. The summed E-state index contributed by atoms with van der Waals surface area (Å²) in [6.07, 6.45) is 0. The molecule has 0 radical (unpaired) electrons.